The lowest BCUT2D eigenvalue weighted by Gasteiger charge is -2.24. The van der Waals surface area contributed by atoms with E-state index in [4.69, 9.17) is 9.47 Å². The third-order valence-corrected chi connectivity index (χ3v) is 3.86. The van der Waals surface area contributed by atoms with E-state index in [1.54, 1.807) is 25.1 Å². The molecular weight excluding hydrogens is 308 g/mol. The van der Waals surface area contributed by atoms with E-state index >= 15 is 0 Å². The molecule has 0 bridgehead atoms. The highest BCUT2D eigenvalue weighted by Gasteiger charge is 2.26. The zero-order chi connectivity index (χ0) is 17.2. The maximum absolute atomic E-state index is 12.0. The van der Waals surface area contributed by atoms with Crippen molar-refractivity contribution in [2.75, 3.05) is 18.7 Å². The van der Waals surface area contributed by atoms with Gasteiger partial charge in [-0.1, -0.05) is 18.2 Å². The molecule has 1 aliphatic heterocycles. The molecule has 0 saturated heterocycles. The SMILES string of the molecule is Cc1cccc(NC(=O)NCC(C)(O)c2ccc3c(c2)OCO3)c1. The molecule has 0 aliphatic carbocycles. The Balaban J connectivity index is 1.61. The highest BCUT2D eigenvalue weighted by molar-refractivity contribution is 5.89. The zero-order valence-electron chi connectivity index (χ0n) is 13.6. The lowest BCUT2D eigenvalue weighted by molar-refractivity contribution is 0.0597. The summed E-state index contributed by atoms with van der Waals surface area (Å²) in [7, 11) is 0. The minimum absolute atomic E-state index is 0.0598. The molecule has 3 N–H and O–H groups in total. The first-order valence-corrected chi connectivity index (χ1v) is 7.68. The van der Waals surface area contributed by atoms with E-state index in [-0.39, 0.29) is 19.4 Å². The maximum Gasteiger partial charge on any atom is 0.319 e. The Hall–Kier alpha value is -2.73. The fourth-order valence-corrected chi connectivity index (χ4v) is 2.48. The highest BCUT2D eigenvalue weighted by Crippen LogP contribution is 2.35. The molecule has 126 valence electrons. The first-order valence-electron chi connectivity index (χ1n) is 7.68. The van der Waals surface area contributed by atoms with E-state index < -0.39 is 5.60 Å². The average molecular weight is 328 g/mol. The quantitative estimate of drug-likeness (QED) is 0.806. The molecule has 0 radical (unpaired) electrons. The van der Waals surface area contributed by atoms with Crippen LogP contribution < -0.4 is 20.1 Å². The summed E-state index contributed by atoms with van der Waals surface area (Å²) in [5, 5.41) is 16.1. The number of carbonyl (C=O) groups excluding carboxylic acids is 1. The summed E-state index contributed by atoms with van der Waals surface area (Å²) in [5.41, 5.74) is 1.17. The van der Waals surface area contributed by atoms with Crippen LogP contribution in [0.2, 0.25) is 0 Å². The van der Waals surface area contributed by atoms with Crippen LogP contribution in [-0.2, 0) is 5.60 Å². The zero-order valence-corrected chi connectivity index (χ0v) is 13.6. The van der Waals surface area contributed by atoms with Gasteiger partial charge in [-0.25, -0.2) is 4.79 Å². The Morgan fingerprint density at radius 1 is 1.21 bits per heavy atom. The van der Waals surface area contributed by atoms with Gasteiger partial charge in [0.25, 0.3) is 0 Å². The van der Waals surface area contributed by atoms with Gasteiger partial charge in [0.05, 0.1) is 6.54 Å². The van der Waals surface area contributed by atoms with Crippen LogP contribution in [0.25, 0.3) is 0 Å². The van der Waals surface area contributed by atoms with E-state index in [9.17, 15) is 9.90 Å². The lowest BCUT2D eigenvalue weighted by atomic mass is 9.95. The molecule has 2 aromatic rings. The summed E-state index contributed by atoms with van der Waals surface area (Å²) < 4.78 is 10.6. The summed E-state index contributed by atoms with van der Waals surface area (Å²) in [4.78, 5) is 12.0. The third kappa shape index (κ3) is 3.60. The molecule has 1 unspecified atom stereocenters. The normalized spacial score (nSPS) is 14.8. The first-order chi connectivity index (χ1) is 11.4. The van der Waals surface area contributed by atoms with Gasteiger partial charge < -0.3 is 25.2 Å². The molecule has 0 fully saturated rings. The molecule has 0 spiro atoms. The Morgan fingerprint density at radius 2 is 2.00 bits per heavy atom. The van der Waals surface area contributed by atoms with E-state index in [1.807, 2.05) is 31.2 Å². The average Bonchev–Trinajstić information content (AvgIpc) is 3.01. The van der Waals surface area contributed by atoms with Crippen LogP contribution >= 0.6 is 0 Å². The molecule has 3 rings (SSSR count). The smallest absolute Gasteiger partial charge is 0.319 e. The Bertz CT molecular complexity index is 758. The number of urea groups is 1. The summed E-state index contributed by atoms with van der Waals surface area (Å²) in [6.07, 6.45) is 0. The summed E-state index contributed by atoms with van der Waals surface area (Å²) in [6, 6.07) is 12.4. The van der Waals surface area contributed by atoms with Crippen LogP contribution in [-0.4, -0.2) is 24.5 Å². The van der Waals surface area contributed by atoms with Gasteiger partial charge in [0, 0.05) is 5.69 Å². The maximum atomic E-state index is 12.0. The predicted octanol–water partition coefficient (Wildman–Crippen LogP) is 2.75. The number of amides is 2. The molecule has 2 amide bonds. The van der Waals surface area contributed by atoms with Crippen molar-refractivity contribution in [1.29, 1.82) is 0 Å². The van der Waals surface area contributed by atoms with E-state index in [2.05, 4.69) is 10.6 Å². The fourth-order valence-electron chi connectivity index (χ4n) is 2.48. The molecule has 1 heterocycles. The van der Waals surface area contributed by atoms with Crippen LogP contribution in [0.1, 0.15) is 18.1 Å². The number of ether oxygens (including phenoxy) is 2. The van der Waals surface area contributed by atoms with Gasteiger partial charge in [-0.15, -0.1) is 0 Å². The van der Waals surface area contributed by atoms with Gasteiger partial charge in [-0.3, -0.25) is 0 Å². The van der Waals surface area contributed by atoms with E-state index in [0.717, 1.165) is 5.56 Å². The van der Waals surface area contributed by atoms with Crippen molar-refractivity contribution in [3.05, 3.63) is 53.6 Å². The highest BCUT2D eigenvalue weighted by atomic mass is 16.7. The van der Waals surface area contributed by atoms with Crippen LogP contribution in [0.4, 0.5) is 10.5 Å². The van der Waals surface area contributed by atoms with Crippen molar-refractivity contribution in [2.24, 2.45) is 0 Å². The number of nitrogens with one attached hydrogen (secondary N) is 2. The van der Waals surface area contributed by atoms with Crippen molar-refractivity contribution in [3.8, 4) is 11.5 Å². The van der Waals surface area contributed by atoms with Crippen LogP contribution in [0.5, 0.6) is 11.5 Å². The number of hydrogen-bond acceptors (Lipinski definition) is 4. The minimum atomic E-state index is -1.23. The second-order valence-corrected chi connectivity index (χ2v) is 6.02. The van der Waals surface area contributed by atoms with Crippen molar-refractivity contribution in [2.45, 2.75) is 19.4 Å². The van der Waals surface area contributed by atoms with Crippen LogP contribution in [0.3, 0.4) is 0 Å². The standard InChI is InChI=1S/C18H20N2O4/c1-12-4-3-5-14(8-12)20-17(21)19-10-18(2,22)13-6-7-15-16(9-13)24-11-23-15/h3-9,22H,10-11H2,1-2H3,(H2,19,20,21). The molecular formula is C18H20N2O4. The first kappa shape index (κ1) is 16.1. The van der Waals surface area contributed by atoms with Crippen LogP contribution in [0.15, 0.2) is 42.5 Å². The number of fused-ring (bicyclic) bond motifs is 1. The molecule has 6 heteroatoms. The lowest BCUT2D eigenvalue weighted by Crippen LogP contribution is -2.40. The molecule has 6 nitrogen and oxygen atoms in total. The van der Waals surface area contributed by atoms with Crippen molar-refractivity contribution in [3.63, 3.8) is 0 Å². The molecule has 1 atom stereocenters. The number of carbonyl (C=O) groups is 1. The number of hydrogen-bond donors (Lipinski definition) is 3. The van der Waals surface area contributed by atoms with Crippen molar-refractivity contribution >= 4 is 11.7 Å². The fraction of sp³-hybridized carbons (Fsp3) is 0.278. The number of aryl methyl sites for hydroxylation is 1. The number of rotatable bonds is 4. The number of aliphatic hydroxyl groups is 1. The molecule has 24 heavy (non-hydrogen) atoms. The summed E-state index contributed by atoms with van der Waals surface area (Å²) >= 11 is 0. The molecule has 0 aromatic heterocycles. The van der Waals surface area contributed by atoms with Gasteiger partial charge in [0.2, 0.25) is 6.79 Å². The van der Waals surface area contributed by atoms with Crippen molar-refractivity contribution < 1.29 is 19.4 Å². The van der Waals surface area contributed by atoms with Crippen molar-refractivity contribution in [1.82, 2.24) is 5.32 Å². The summed E-state index contributed by atoms with van der Waals surface area (Å²) in [5.74, 6) is 1.25. The number of benzene rings is 2. The summed E-state index contributed by atoms with van der Waals surface area (Å²) in [6.45, 7) is 3.83. The van der Waals surface area contributed by atoms with Gasteiger partial charge >= 0.3 is 6.03 Å². The van der Waals surface area contributed by atoms with Gasteiger partial charge in [0.15, 0.2) is 11.5 Å². The predicted molar refractivity (Wildman–Crippen MR) is 90.3 cm³/mol. The van der Waals surface area contributed by atoms with E-state index in [1.165, 1.54) is 0 Å². The van der Waals surface area contributed by atoms with Gasteiger partial charge in [-0.2, -0.15) is 0 Å². The Labute approximate surface area is 140 Å². The second-order valence-electron chi connectivity index (χ2n) is 6.02. The Morgan fingerprint density at radius 3 is 2.79 bits per heavy atom. The monoisotopic (exact) mass is 328 g/mol. The Kier molecular flexibility index (Phi) is 4.31. The minimum Gasteiger partial charge on any atom is -0.454 e. The molecule has 2 aromatic carbocycles. The second kappa shape index (κ2) is 6.41. The van der Waals surface area contributed by atoms with Crippen LogP contribution in [0, 0.1) is 6.92 Å². The largest absolute Gasteiger partial charge is 0.454 e. The molecule has 1 aliphatic rings. The third-order valence-electron chi connectivity index (χ3n) is 3.86. The molecule has 0 saturated carbocycles. The van der Waals surface area contributed by atoms with Gasteiger partial charge in [-0.05, 0) is 49.2 Å². The number of anilines is 1. The topological polar surface area (TPSA) is 79.8 Å². The van der Waals surface area contributed by atoms with Gasteiger partial charge in [0.1, 0.15) is 5.60 Å². The van der Waals surface area contributed by atoms with E-state index in [0.29, 0.717) is 22.7 Å².